The van der Waals surface area contributed by atoms with Crippen molar-refractivity contribution in [3.05, 3.63) is 72.8 Å². The minimum absolute atomic E-state index is 1.22. The molecule has 0 atom stereocenters. The molecule has 0 saturated carbocycles. The maximum atomic E-state index is 3.47. The molecule has 6 aromatic rings. The van der Waals surface area contributed by atoms with Gasteiger partial charge in [0, 0.05) is 0 Å². The van der Waals surface area contributed by atoms with Gasteiger partial charge in [0.05, 0.1) is 0 Å². The lowest BCUT2D eigenvalue weighted by Crippen LogP contribution is -1.89. The lowest BCUT2D eigenvalue weighted by molar-refractivity contribution is 1.79. The summed E-state index contributed by atoms with van der Waals surface area (Å²) in [5.74, 6) is 0. The summed E-state index contributed by atoms with van der Waals surface area (Å²) in [6.45, 7) is 0. The summed E-state index contributed by atoms with van der Waals surface area (Å²) in [6, 6.07) is 27.8. The van der Waals surface area contributed by atoms with Crippen molar-refractivity contribution in [3.63, 3.8) is 0 Å². The van der Waals surface area contributed by atoms with E-state index in [0.29, 0.717) is 0 Å². The van der Waals surface area contributed by atoms with E-state index in [1.54, 1.807) is 0 Å². The molecule has 0 bridgehead atoms. The Morgan fingerprint density at radius 3 is 1.91 bits per heavy atom. The van der Waals surface area contributed by atoms with E-state index in [1.165, 1.54) is 53.9 Å². The van der Waals surface area contributed by atoms with Crippen molar-refractivity contribution in [2.24, 2.45) is 0 Å². The monoisotopic (exact) mass is 275 g/mol. The second kappa shape index (κ2) is 3.48. The molecule has 0 unspecified atom stereocenters. The molecular formula is C22H11. The van der Waals surface area contributed by atoms with Gasteiger partial charge in [0.15, 0.2) is 0 Å². The number of fused-ring (bicyclic) bond motifs is 1. The summed E-state index contributed by atoms with van der Waals surface area (Å²) in [6.07, 6.45) is 0. The van der Waals surface area contributed by atoms with Gasteiger partial charge in [0.1, 0.15) is 0 Å². The van der Waals surface area contributed by atoms with Gasteiger partial charge in [-0.2, -0.15) is 0 Å². The fourth-order valence-electron chi connectivity index (χ4n) is 4.15. The van der Waals surface area contributed by atoms with Gasteiger partial charge in [-0.25, -0.2) is 0 Å². The van der Waals surface area contributed by atoms with E-state index in [2.05, 4.69) is 72.8 Å². The number of rotatable bonds is 0. The van der Waals surface area contributed by atoms with Gasteiger partial charge in [0.2, 0.25) is 0 Å². The quantitative estimate of drug-likeness (QED) is 0.231. The molecule has 0 saturated heterocycles. The van der Waals surface area contributed by atoms with Gasteiger partial charge in [-0.05, 0) is 66.0 Å². The molecule has 22 heavy (non-hydrogen) atoms. The first-order chi connectivity index (χ1) is 10.9. The summed E-state index contributed by atoms with van der Waals surface area (Å²) in [5.41, 5.74) is 0. The van der Waals surface area contributed by atoms with Gasteiger partial charge in [-0.3, -0.25) is 0 Å². The Morgan fingerprint density at radius 2 is 1.14 bits per heavy atom. The number of benzene rings is 6. The maximum absolute atomic E-state index is 3.47. The molecule has 0 aliphatic heterocycles. The Kier molecular flexibility index (Phi) is 1.71. The average Bonchev–Trinajstić information content (AvgIpc) is 2.59. The Labute approximate surface area is 127 Å². The Morgan fingerprint density at radius 1 is 0.500 bits per heavy atom. The first-order valence-corrected chi connectivity index (χ1v) is 7.64. The average molecular weight is 275 g/mol. The van der Waals surface area contributed by atoms with Gasteiger partial charge in [-0.15, -0.1) is 0 Å². The van der Waals surface area contributed by atoms with Crippen LogP contribution in [0.2, 0.25) is 0 Å². The van der Waals surface area contributed by atoms with Crippen LogP contribution in [0.1, 0.15) is 0 Å². The molecule has 1 radical (unpaired) electrons. The first kappa shape index (κ1) is 10.8. The molecule has 0 aliphatic carbocycles. The van der Waals surface area contributed by atoms with Crippen LogP contribution in [0.5, 0.6) is 0 Å². The largest absolute Gasteiger partial charge is 0.0610 e. The fraction of sp³-hybridized carbons (Fsp3) is 0. The maximum Gasteiger partial charge on any atom is -0.000785 e. The minimum Gasteiger partial charge on any atom is -0.0610 e. The van der Waals surface area contributed by atoms with Crippen molar-refractivity contribution >= 4 is 53.9 Å². The Balaban J connectivity index is 2.21. The normalized spacial score (nSPS) is 12.5. The van der Waals surface area contributed by atoms with Crippen LogP contribution in [0.3, 0.4) is 0 Å². The standard InChI is InChI=1S/C22H11/c1-3-13-7-9-15-11-12-16-10-8-14-4-2-6-18-17(5-1)19(13)21(15)22(16)20(14)18/h1-11H. The van der Waals surface area contributed by atoms with E-state index in [9.17, 15) is 0 Å². The molecule has 0 heteroatoms. The van der Waals surface area contributed by atoms with Crippen molar-refractivity contribution in [1.29, 1.82) is 0 Å². The van der Waals surface area contributed by atoms with Gasteiger partial charge < -0.3 is 0 Å². The molecule has 0 aliphatic rings. The van der Waals surface area contributed by atoms with Crippen molar-refractivity contribution in [1.82, 2.24) is 0 Å². The van der Waals surface area contributed by atoms with E-state index >= 15 is 0 Å². The second-order valence-electron chi connectivity index (χ2n) is 6.11. The second-order valence-corrected chi connectivity index (χ2v) is 6.11. The highest BCUT2D eigenvalue weighted by atomic mass is 14.2. The Hall–Kier alpha value is -2.86. The van der Waals surface area contributed by atoms with E-state index in [0.717, 1.165) is 0 Å². The van der Waals surface area contributed by atoms with Gasteiger partial charge in [-0.1, -0.05) is 60.7 Å². The molecule has 0 nitrogen and oxygen atoms in total. The predicted molar refractivity (Wildman–Crippen MR) is 95.2 cm³/mol. The van der Waals surface area contributed by atoms with Gasteiger partial charge in [0.25, 0.3) is 0 Å². The molecule has 0 amide bonds. The van der Waals surface area contributed by atoms with E-state index in [-0.39, 0.29) is 0 Å². The lowest BCUT2D eigenvalue weighted by Gasteiger charge is -2.17. The van der Waals surface area contributed by atoms with Crippen LogP contribution in [0.15, 0.2) is 66.7 Å². The highest BCUT2D eigenvalue weighted by Gasteiger charge is 2.15. The van der Waals surface area contributed by atoms with Crippen LogP contribution < -0.4 is 0 Å². The van der Waals surface area contributed by atoms with Crippen molar-refractivity contribution in [3.8, 4) is 0 Å². The minimum atomic E-state index is 1.22. The van der Waals surface area contributed by atoms with Crippen LogP contribution >= 0.6 is 0 Å². The molecular weight excluding hydrogens is 264 g/mol. The van der Waals surface area contributed by atoms with Crippen molar-refractivity contribution in [2.45, 2.75) is 0 Å². The number of hydrogen-bond acceptors (Lipinski definition) is 0. The van der Waals surface area contributed by atoms with Crippen LogP contribution in [-0.4, -0.2) is 0 Å². The molecule has 0 aromatic heterocycles. The third kappa shape index (κ3) is 1.09. The summed E-state index contributed by atoms with van der Waals surface area (Å²) >= 11 is 0. The fourth-order valence-corrected chi connectivity index (χ4v) is 4.15. The van der Waals surface area contributed by atoms with Crippen LogP contribution in [0.25, 0.3) is 53.9 Å². The zero-order valence-corrected chi connectivity index (χ0v) is 11.9. The zero-order valence-electron chi connectivity index (χ0n) is 11.9. The molecule has 0 fully saturated rings. The molecule has 0 N–H and O–H groups in total. The van der Waals surface area contributed by atoms with Crippen molar-refractivity contribution < 1.29 is 0 Å². The summed E-state index contributed by atoms with van der Waals surface area (Å²) in [4.78, 5) is 0. The highest BCUT2D eigenvalue weighted by Crippen LogP contribution is 2.44. The molecule has 0 heterocycles. The van der Waals surface area contributed by atoms with Crippen LogP contribution in [0, 0.1) is 6.07 Å². The van der Waals surface area contributed by atoms with E-state index < -0.39 is 0 Å². The summed E-state index contributed by atoms with van der Waals surface area (Å²) in [7, 11) is 0. The summed E-state index contributed by atoms with van der Waals surface area (Å²) in [5, 5.41) is 13.4. The molecule has 99 valence electrons. The molecule has 6 rings (SSSR count). The van der Waals surface area contributed by atoms with Crippen LogP contribution in [0.4, 0.5) is 0 Å². The third-order valence-corrected chi connectivity index (χ3v) is 5.05. The van der Waals surface area contributed by atoms with Crippen LogP contribution in [-0.2, 0) is 0 Å². The molecule has 0 spiro atoms. The first-order valence-electron chi connectivity index (χ1n) is 7.64. The smallest absolute Gasteiger partial charge is 0.000785 e. The lowest BCUT2D eigenvalue weighted by atomic mass is 9.86. The highest BCUT2D eigenvalue weighted by molar-refractivity contribution is 6.39. The topological polar surface area (TPSA) is 0 Å². The predicted octanol–water partition coefficient (Wildman–Crippen LogP) is 6.13. The Bertz CT molecular complexity index is 1190. The summed E-state index contributed by atoms with van der Waals surface area (Å²) < 4.78 is 0. The molecule has 6 aromatic carbocycles. The van der Waals surface area contributed by atoms with E-state index in [4.69, 9.17) is 0 Å². The number of hydrogen-bond donors (Lipinski definition) is 0. The zero-order chi connectivity index (χ0) is 14.3. The SMILES string of the molecule is [c]1cc2ccc3cccc4c5cccc6ccc1c(c65)c2c34. The van der Waals surface area contributed by atoms with Crippen molar-refractivity contribution in [2.75, 3.05) is 0 Å². The third-order valence-electron chi connectivity index (χ3n) is 5.05. The van der Waals surface area contributed by atoms with E-state index in [1.807, 2.05) is 0 Å². The van der Waals surface area contributed by atoms with Gasteiger partial charge >= 0.3 is 0 Å².